The van der Waals surface area contributed by atoms with Gasteiger partial charge in [-0.2, -0.15) is 0 Å². The Morgan fingerprint density at radius 2 is 1.95 bits per heavy atom. The monoisotopic (exact) mass is 290 g/mol. The summed E-state index contributed by atoms with van der Waals surface area (Å²) in [6.45, 7) is 11.2. The summed E-state index contributed by atoms with van der Waals surface area (Å²) in [7, 11) is 0. The number of imidazole rings is 1. The second-order valence-corrected chi connectivity index (χ2v) is 6.11. The lowest BCUT2D eigenvalue weighted by molar-refractivity contribution is 0.240. The van der Waals surface area contributed by atoms with E-state index >= 15 is 0 Å². The van der Waals surface area contributed by atoms with Crippen LogP contribution in [-0.2, 0) is 0 Å². The van der Waals surface area contributed by atoms with Crippen molar-refractivity contribution < 1.29 is 0 Å². The molecule has 1 aliphatic heterocycles. The Labute approximate surface area is 124 Å². The second kappa shape index (κ2) is 5.22. The van der Waals surface area contributed by atoms with Crippen LogP contribution in [0, 0.1) is 11.7 Å². The van der Waals surface area contributed by atoms with Crippen LogP contribution in [0.2, 0.25) is 0 Å². The Kier molecular flexibility index (Phi) is 3.56. The van der Waals surface area contributed by atoms with Crippen LogP contribution in [0.5, 0.6) is 0 Å². The number of rotatable bonds is 2. The van der Waals surface area contributed by atoms with Gasteiger partial charge >= 0.3 is 0 Å². The zero-order valence-electron chi connectivity index (χ0n) is 12.4. The molecule has 4 nitrogen and oxygen atoms in total. The fourth-order valence-electron chi connectivity index (χ4n) is 3.17. The van der Waals surface area contributed by atoms with Crippen LogP contribution < -0.4 is 4.90 Å². The summed E-state index contributed by atoms with van der Waals surface area (Å²) < 4.78 is 0.695. The van der Waals surface area contributed by atoms with Gasteiger partial charge in [-0.15, -0.1) is 0 Å². The van der Waals surface area contributed by atoms with Crippen molar-refractivity contribution in [3.8, 4) is 0 Å². The fourth-order valence-corrected chi connectivity index (χ4v) is 3.39. The minimum absolute atomic E-state index is 0.543. The molecule has 0 radical (unpaired) electrons. The van der Waals surface area contributed by atoms with Crippen molar-refractivity contribution in [1.29, 1.82) is 0 Å². The van der Waals surface area contributed by atoms with Gasteiger partial charge in [0.2, 0.25) is 0 Å². The first-order chi connectivity index (χ1) is 9.58. The lowest BCUT2D eigenvalue weighted by Gasteiger charge is -2.41. The van der Waals surface area contributed by atoms with Gasteiger partial charge in [-0.05, 0) is 50.3 Å². The van der Waals surface area contributed by atoms with E-state index in [1.807, 2.05) is 0 Å². The van der Waals surface area contributed by atoms with E-state index in [4.69, 9.17) is 12.2 Å². The number of likely N-dealkylation sites (N-methyl/N-ethyl adjacent to an activating group) is 1. The number of benzene rings is 1. The lowest BCUT2D eigenvalue weighted by atomic mass is 10.1. The minimum Gasteiger partial charge on any atom is -0.366 e. The topological polar surface area (TPSA) is 38.1 Å². The van der Waals surface area contributed by atoms with Crippen molar-refractivity contribution in [3.63, 3.8) is 0 Å². The SMILES string of the molecule is CCN1CCN(c2cc3[nH]c(=S)[nH]c3cc2C)C(C)C1. The summed E-state index contributed by atoms with van der Waals surface area (Å²) >= 11 is 5.18. The van der Waals surface area contributed by atoms with Crippen molar-refractivity contribution in [2.75, 3.05) is 31.1 Å². The molecule has 0 bridgehead atoms. The molecule has 5 heteroatoms. The molecule has 2 N–H and O–H groups in total. The average molecular weight is 290 g/mol. The third-order valence-corrected chi connectivity index (χ3v) is 4.50. The van der Waals surface area contributed by atoms with Crippen molar-refractivity contribution in [1.82, 2.24) is 14.9 Å². The zero-order valence-corrected chi connectivity index (χ0v) is 13.2. The van der Waals surface area contributed by atoms with Gasteiger partial charge in [0.1, 0.15) is 0 Å². The van der Waals surface area contributed by atoms with Gasteiger partial charge in [0, 0.05) is 31.4 Å². The number of nitrogens with zero attached hydrogens (tertiary/aromatic N) is 2. The summed E-state index contributed by atoms with van der Waals surface area (Å²) in [6, 6.07) is 4.96. The highest BCUT2D eigenvalue weighted by molar-refractivity contribution is 7.71. The smallest absolute Gasteiger partial charge is 0.175 e. The van der Waals surface area contributed by atoms with Gasteiger partial charge < -0.3 is 14.9 Å². The number of aromatic amines is 2. The molecule has 3 rings (SSSR count). The summed E-state index contributed by atoms with van der Waals surface area (Å²) in [4.78, 5) is 11.4. The van der Waals surface area contributed by atoms with Crippen LogP contribution in [-0.4, -0.2) is 47.1 Å². The van der Waals surface area contributed by atoms with Crippen LogP contribution in [0.3, 0.4) is 0 Å². The number of hydrogen-bond acceptors (Lipinski definition) is 3. The maximum absolute atomic E-state index is 5.18. The third-order valence-electron chi connectivity index (χ3n) is 4.30. The molecule has 1 aromatic carbocycles. The Balaban J connectivity index is 1.97. The molecule has 0 amide bonds. The van der Waals surface area contributed by atoms with E-state index in [-0.39, 0.29) is 0 Å². The largest absolute Gasteiger partial charge is 0.366 e. The highest BCUT2D eigenvalue weighted by Crippen LogP contribution is 2.28. The molecule has 20 heavy (non-hydrogen) atoms. The standard InChI is InChI=1S/C15H22N4S/c1-4-18-5-6-19(11(3)9-18)14-8-13-12(7-10(14)2)16-15(20)17-13/h7-8,11H,4-6,9H2,1-3H3,(H2,16,17,20). The first-order valence-electron chi connectivity index (χ1n) is 7.30. The van der Waals surface area contributed by atoms with Crippen molar-refractivity contribution >= 4 is 28.9 Å². The van der Waals surface area contributed by atoms with Gasteiger partial charge in [0.05, 0.1) is 11.0 Å². The van der Waals surface area contributed by atoms with E-state index in [0.717, 1.165) is 37.2 Å². The minimum atomic E-state index is 0.543. The van der Waals surface area contributed by atoms with E-state index in [2.05, 4.69) is 52.7 Å². The molecule has 1 unspecified atom stereocenters. The average Bonchev–Trinajstić information content (AvgIpc) is 2.77. The number of aryl methyl sites for hydroxylation is 1. The van der Waals surface area contributed by atoms with E-state index in [9.17, 15) is 0 Å². The van der Waals surface area contributed by atoms with Gasteiger partial charge in [-0.3, -0.25) is 4.90 Å². The molecular formula is C15H22N4S. The van der Waals surface area contributed by atoms with E-state index < -0.39 is 0 Å². The first-order valence-corrected chi connectivity index (χ1v) is 7.71. The Bertz CT molecular complexity index is 672. The van der Waals surface area contributed by atoms with Crippen LogP contribution >= 0.6 is 12.2 Å². The molecule has 108 valence electrons. The third kappa shape index (κ3) is 2.36. The van der Waals surface area contributed by atoms with Gasteiger partial charge in [0.15, 0.2) is 4.77 Å². The number of piperazine rings is 1. The van der Waals surface area contributed by atoms with Crippen molar-refractivity contribution in [2.24, 2.45) is 0 Å². The highest BCUT2D eigenvalue weighted by Gasteiger charge is 2.24. The summed E-state index contributed by atoms with van der Waals surface area (Å²) in [6.07, 6.45) is 0. The molecule has 1 fully saturated rings. The molecule has 2 aromatic rings. The molecule has 2 heterocycles. The predicted molar refractivity (Wildman–Crippen MR) is 87.1 cm³/mol. The van der Waals surface area contributed by atoms with Crippen LogP contribution in [0.1, 0.15) is 19.4 Å². The number of anilines is 1. The lowest BCUT2D eigenvalue weighted by Crippen LogP contribution is -2.52. The van der Waals surface area contributed by atoms with Gasteiger partial charge in [-0.25, -0.2) is 0 Å². The first kappa shape index (κ1) is 13.6. The molecule has 0 saturated carbocycles. The molecule has 1 saturated heterocycles. The quantitative estimate of drug-likeness (QED) is 0.835. The Morgan fingerprint density at radius 1 is 1.25 bits per heavy atom. The maximum Gasteiger partial charge on any atom is 0.175 e. The van der Waals surface area contributed by atoms with Crippen molar-refractivity contribution in [3.05, 3.63) is 22.5 Å². The number of hydrogen-bond donors (Lipinski definition) is 2. The Morgan fingerprint density at radius 3 is 2.60 bits per heavy atom. The predicted octanol–water partition coefficient (Wildman–Crippen LogP) is 3.06. The van der Waals surface area contributed by atoms with E-state index in [1.54, 1.807) is 0 Å². The number of fused-ring (bicyclic) bond motifs is 1. The summed E-state index contributed by atoms with van der Waals surface area (Å²) in [5.41, 5.74) is 4.82. The molecule has 1 aromatic heterocycles. The summed E-state index contributed by atoms with van der Waals surface area (Å²) in [5, 5.41) is 0. The number of nitrogens with one attached hydrogen (secondary N) is 2. The molecular weight excluding hydrogens is 268 g/mol. The second-order valence-electron chi connectivity index (χ2n) is 5.70. The van der Waals surface area contributed by atoms with E-state index in [0.29, 0.717) is 10.8 Å². The number of H-pyrrole nitrogens is 2. The highest BCUT2D eigenvalue weighted by atomic mass is 32.1. The maximum atomic E-state index is 5.18. The summed E-state index contributed by atoms with van der Waals surface area (Å²) in [5.74, 6) is 0. The van der Waals surface area contributed by atoms with Gasteiger partial charge in [0.25, 0.3) is 0 Å². The molecule has 0 spiro atoms. The fraction of sp³-hybridized carbons (Fsp3) is 0.533. The molecule has 1 atom stereocenters. The normalized spacial score (nSPS) is 20.8. The number of aromatic nitrogens is 2. The van der Waals surface area contributed by atoms with Crippen LogP contribution in [0.25, 0.3) is 11.0 Å². The van der Waals surface area contributed by atoms with Crippen LogP contribution in [0.4, 0.5) is 5.69 Å². The van der Waals surface area contributed by atoms with E-state index in [1.165, 1.54) is 11.3 Å². The Hall–Kier alpha value is -1.33. The molecule has 0 aliphatic carbocycles. The molecule has 1 aliphatic rings. The zero-order chi connectivity index (χ0) is 14.3. The van der Waals surface area contributed by atoms with Crippen molar-refractivity contribution in [2.45, 2.75) is 26.8 Å². The van der Waals surface area contributed by atoms with Gasteiger partial charge in [-0.1, -0.05) is 6.92 Å². The van der Waals surface area contributed by atoms with Crippen LogP contribution in [0.15, 0.2) is 12.1 Å².